The van der Waals surface area contributed by atoms with E-state index in [2.05, 4.69) is 27.4 Å². The molecule has 0 saturated carbocycles. The van der Waals surface area contributed by atoms with Gasteiger partial charge in [0.1, 0.15) is 23.1 Å². The Bertz CT molecular complexity index is 2870. The Morgan fingerprint density at radius 2 is 1.31 bits per heavy atom. The molecular formula is C47H42ClF3N6O5. The summed E-state index contributed by atoms with van der Waals surface area (Å²) in [4.78, 5) is 38.6. The Kier molecular flexibility index (Phi) is 10.2. The number of allylic oxidation sites excluding steroid dienone is 2. The molecule has 11 nitrogen and oxygen atoms in total. The number of carbonyl (C=O) groups is 2. The number of ether oxygens (including phenoxy) is 1. The molecule has 0 unspecified atom stereocenters. The Morgan fingerprint density at radius 1 is 0.790 bits per heavy atom. The molecule has 3 N–H and O–H groups in total. The van der Waals surface area contributed by atoms with Gasteiger partial charge in [-0.3, -0.25) is 4.79 Å². The molecule has 2 aliphatic rings. The first-order chi connectivity index (χ1) is 29.2. The molecule has 0 bridgehead atoms. The average molecular weight is 863 g/mol. The predicted octanol–water partition coefficient (Wildman–Crippen LogP) is 9.11. The number of nitrogens with one attached hydrogen (secondary N) is 1. The van der Waals surface area contributed by atoms with Gasteiger partial charge in [-0.25, -0.2) is 22.6 Å². The van der Waals surface area contributed by atoms with Crippen LogP contribution in [0.5, 0.6) is 5.88 Å². The van der Waals surface area contributed by atoms with Crippen LogP contribution in [0, 0.1) is 17.5 Å². The van der Waals surface area contributed by atoms with E-state index in [1.165, 1.54) is 6.07 Å². The van der Waals surface area contributed by atoms with Crippen molar-refractivity contribution in [3.8, 4) is 17.0 Å². The third kappa shape index (κ3) is 7.11. The fraction of sp³-hybridized carbons (Fsp3) is 0.255. The fourth-order valence-electron chi connectivity index (χ4n) is 8.40. The van der Waals surface area contributed by atoms with E-state index in [9.17, 15) is 14.7 Å². The first kappa shape index (κ1) is 42.0. The van der Waals surface area contributed by atoms with Crippen LogP contribution in [0.2, 0.25) is 5.15 Å². The highest BCUT2D eigenvalue weighted by Gasteiger charge is 2.38. The number of aromatic nitrogens is 2. The second-order valence-electron chi connectivity index (χ2n) is 16.8. The van der Waals surface area contributed by atoms with Crippen molar-refractivity contribution in [1.82, 2.24) is 15.3 Å². The highest BCUT2D eigenvalue weighted by atomic mass is 35.5. The lowest BCUT2D eigenvalue weighted by atomic mass is 9.84. The summed E-state index contributed by atoms with van der Waals surface area (Å²) in [6.45, 7) is 11.9. The molecule has 1 amide bonds. The monoisotopic (exact) mass is 862 g/mol. The summed E-state index contributed by atoms with van der Waals surface area (Å²) in [6, 6.07) is 15.1. The zero-order chi connectivity index (χ0) is 44.7. The van der Waals surface area contributed by atoms with Crippen LogP contribution in [0.25, 0.3) is 44.2 Å². The van der Waals surface area contributed by atoms with E-state index < -0.39 is 57.1 Å². The molecule has 0 radical (unpaired) electrons. The minimum Gasteiger partial charge on any atom is -0.545 e. The van der Waals surface area contributed by atoms with Crippen LogP contribution in [0.1, 0.15) is 84.5 Å². The molecule has 2 aromatic heterocycles. The number of carbonyl (C=O) groups excluding carboxylic acids is 2. The number of aromatic carboxylic acids is 1. The molecule has 4 heterocycles. The number of carboxylic acid groups (broad SMARTS) is 1. The van der Waals surface area contributed by atoms with Crippen LogP contribution in [-0.2, 0) is 13.2 Å². The van der Waals surface area contributed by atoms with Crippen LogP contribution < -0.4 is 30.7 Å². The van der Waals surface area contributed by atoms with Gasteiger partial charge in [-0.1, -0.05) is 48.0 Å². The van der Waals surface area contributed by atoms with Crippen molar-refractivity contribution >= 4 is 73.9 Å². The van der Waals surface area contributed by atoms with Crippen LogP contribution in [0.15, 0.2) is 71.2 Å². The molecule has 62 heavy (non-hydrogen) atoms. The van der Waals surface area contributed by atoms with E-state index in [0.29, 0.717) is 11.1 Å². The molecule has 4 aromatic carbocycles. The summed E-state index contributed by atoms with van der Waals surface area (Å²) >= 11 is 5.92. The summed E-state index contributed by atoms with van der Waals surface area (Å²) in [6.07, 6.45) is 4.12. The number of benzene rings is 4. The number of hydrogen-bond donors (Lipinski definition) is 2. The second-order valence-corrected chi connectivity index (χ2v) is 17.2. The first-order valence-electron chi connectivity index (χ1n) is 19.7. The van der Waals surface area contributed by atoms with Crippen molar-refractivity contribution in [2.75, 3.05) is 29.6 Å². The topological polar surface area (TPSA) is 148 Å². The number of amides is 1. The number of carboxylic acids is 1. The summed E-state index contributed by atoms with van der Waals surface area (Å²) < 4.78 is 62.1. The van der Waals surface area contributed by atoms with Gasteiger partial charge in [0.15, 0.2) is 11.6 Å². The van der Waals surface area contributed by atoms with E-state index in [-0.39, 0.29) is 57.6 Å². The largest absolute Gasteiger partial charge is 0.545 e. The minimum atomic E-state index is -2.18. The molecule has 318 valence electrons. The lowest BCUT2D eigenvalue weighted by Gasteiger charge is -2.40. The van der Waals surface area contributed by atoms with Gasteiger partial charge < -0.3 is 35.5 Å². The maximum absolute atomic E-state index is 17.5. The molecule has 0 spiro atoms. The maximum atomic E-state index is 17.5. The number of rotatable bonds is 8. The van der Waals surface area contributed by atoms with Gasteiger partial charge in [-0.2, -0.15) is 4.98 Å². The van der Waals surface area contributed by atoms with Crippen molar-refractivity contribution in [1.29, 1.82) is 0 Å². The Labute approximate surface area is 360 Å². The number of nitrogens with two attached hydrogens (primary N) is 1. The van der Waals surface area contributed by atoms with E-state index in [1.54, 1.807) is 48.5 Å². The zero-order valence-corrected chi connectivity index (χ0v) is 35.9. The van der Waals surface area contributed by atoms with E-state index in [1.807, 2.05) is 65.4 Å². The van der Waals surface area contributed by atoms with Crippen molar-refractivity contribution in [3.63, 3.8) is 0 Å². The van der Waals surface area contributed by atoms with Crippen molar-refractivity contribution in [2.24, 2.45) is 0 Å². The standard InChI is InChI=1S/C47H42ClF3N6O5/c1-22-18-46(3,4)56(7)30-15-32-28(13-26(22)30)36(29-14-27-23(2)19-47(5,6)57(8)31(27)16-33(29)62-32)37-38(44(59)60)41(50)42(51)39(40(37)49)43(58)53-20-24-9-11-25(12-10-24)21-61-35-17-34(48)54-45(52)55-35/h9-19H,20-21H2,1-8H3,(H3-,52,53,54,55,58,59,60). The molecule has 8 rings (SSSR count). The lowest BCUT2D eigenvalue weighted by Crippen LogP contribution is -2.42. The molecule has 0 aliphatic carbocycles. The molecule has 0 fully saturated rings. The summed E-state index contributed by atoms with van der Waals surface area (Å²) in [5, 5.41) is 15.9. The second kappa shape index (κ2) is 15.0. The molecule has 0 atom stereocenters. The minimum absolute atomic E-state index is 0.0553. The highest BCUT2D eigenvalue weighted by molar-refractivity contribution is 6.29. The normalized spacial score (nSPS) is 15.2. The van der Waals surface area contributed by atoms with Gasteiger partial charge >= 0.3 is 11.2 Å². The van der Waals surface area contributed by atoms with Gasteiger partial charge in [-0.05, 0) is 75.9 Å². The quantitative estimate of drug-likeness (QED) is 0.0657. The van der Waals surface area contributed by atoms with Gasteiger partial charge in [0.05, 0.1) is 51.3 Å². The van der Waals surface area contributed by atoms with E-state index >= 15 is 13.2 Å². The van der Waals surface area contributed by atoms with Gasteiger partial charge in [0, 0.05) is 54.5 Å². The fourth-order valence-corrected chi connectivity index (χ4v) is 8.58. The first-order valence-corrected chi connectivity index (χ1v) is 20.0. The number of fused-ring (bicyclic) bond motifs is 4. The molecule has 6 aromatic rings. The van der Waals surface area contributed by atoms with Crippen molar-refractivity contribution < 1.29 is 37.0 Å². The Hall–Kier alpha value is -6.67. The summed E-state index contributed by atoms with van der Waals surface area (Å²) in [7, 11) is 3.84. The Balaban J connectivity index is 1.27. The van der Waals surface area contributed by atoms with Crippen molar-refractivity contribution in [2.45, 2.75) is 65.8 Å². The van der Waals surface area contributed by atoms with Crippen LogP contribution >= 0.6 is 11.6 Å². The van der Waals surface area contributed by atoms with E-state index in [0.717, 1.165) is 33.6 Å². The lowest BCUT2D eigenvalue weighted by molar-refractivity contribution is -0.255. The molecule has 15 heteroatoms. The molecule has 0 saturated heterocycles. The number of likely N-dealkylation sites (N-methyl/N-ethyl adjacent to an activating group) is 2. The summed E-state index contributed by atoms with van der Waals surface area (Å²) in [5.74, 6) is -8.89. The van der Waals surface area contributed by atoms with E-state index in [4.69, 9.17) is 26.5 Å². The molecule has 2 aliphatic heterocycles. The zero-order valence-electron chi connectivity index (χ0n) is 35.2. The maximum Gasteiger partial charge on any atom is 0.363 e. The van der Waals surface area contributed by atoms with Gasteiger partial charge in [-0.15, -0.1) is 0 Å². The Morgan fingerprint density at radius 3 is 1.82 bits per heavy atom. The number of hydrogen-bond acceptors (Lipinski definition) is 9. The number of anilines is 3. The number of nitrogen functional groups attached to an aromatic ring is 1. The van der Waals surface area contributed by atoms with Gasteiger partial charge in [0.25, 0.3) is 5.91 Å². The van der Waals surface area contributed by atoms with Crippen LogP contribution in [0.3, 0.4) is 0 Å². The van der Waals surface area contributed by atoms with Gasteiger partial charge in [0.2, 0.25) is 11.8 Å². The SMILES string of the molecule is CC1=CC(C)(C)N(C)c2cc3[o+]c4cc5c(cc4c(-c4c(F)c(C(=O)NCc6ccc(COc7cc(Cl)nc(N)n7)cc6)c(F)c(F)c4C(=O)[O-])c3cc21)C(C)=CC(C)(C)N5C. The summed E-state index contributed by atoms with van der Waals surface area (Å²) in [5.41, 5.74) is 7.58. The van der Waals surface area contributed by atoms with Crippen molar-refractivity contribution in [3.05, 3.63) is 123 Å². The average Bonchev–Trinajstić information content (AvgIpc) is 3.20. The van der Waals surface area contributed by atoms with Crippen LogP contribution in [-0.4, -0.2) is 47.0 Å². The smallest absolute Gasteiger partial charge is 0.363 e. The molecular weight excluding hydrogens is 821 g/mol. The number of halogens is 4. The number of nitrogens with zero attached hydrogens (tertiary/aromatic N) is 4. The third-order valence-corrected chi connectivity index (χ3v) is 12.1. The highest BCUT2D eigenvalue weighted by Crippen LogP contribution is 2.49. The third-order valence-electron chi connectivity index (χ3n) is 11.9. The predicted molar refractivity (Wildman–Crippen MR) is 233 cm³/mol. The van der Waals surface area contributed by atoms with Crippen LogP contribution in [0.4, 0.5) is 30.5 Å².